The van der Waals surface area contributed by atoms with Crippen molar-refractivity contribution in [2.24, 2.45) is 0 Å². The molecule has 1 amide bonds. The number of nitrogens with zero attached hydrogens (tertiary/aromatic N) is 4. The molecule has 0 atom stereocenters. The molecule has 2 saturated heterocycles. The van der Waals surface area contributed by atoms with E-state index < -0.39 is 39.9 Å². The Labute approximate surface area is 165 Å². The van der Waals surface area contributed by atoms with Crippen LogP contribution in [0.3, 0.4) is 0 Å². The van der Waals surface area contributed by atoms with Crippen LogP contribution in [0, 0.1) is 5.82 Å². The van der Waals surface area contributed by atoms with E-state index in [4.69, 9.17) is 4.74 Å². The number of hydrogen-bond acceptors (Lipinski definition) is 9. The Morgan fingerprint density at radius 3 is 2.72 bits per heavy atom. The van der Waals surface area contributed by atoms with Gasteiger partial charge in [0.15, 0.2) is 5.82 Å². The number of amides is 1. The van der Waals surface area contributed by atoms with Crippen molar-refractivity contribution in [1.29, 1.82) is 0 Å². The van der Waals surface area contributed by atoms with Crippen LogP contribution in [0.25, 0.3) is 10.9 Å². The third-order valence-corrected chi connectivity index (χ3v) is 6.07. The highest BCUT2D eigenvalue weighted by Gasteiger charge is 2.38. The number of rotatable bonds is 5. The maximum absolute atomic E-state index is 15.1. The van der Waals surface area contributed by atoms with Gasteiger partial charge in [-0.1, -0.05) is 0 Å². The summed E-state index contributed by atoms with van der Waals surface area (Å²) in [7, 11) is -4.27. The zero-order chi connectivity index (χ0) is 20.6. The van der Waals surface area contributed by atoms with Gasteiger partial charge in [0.05, 0.1) is 18.7 Å². The standard InChI is InChI=1S/C16H19FN6O5S/c17-15-10-7-13(18-1-2-22-3-5-28-6-4-22)20-19-11(10)8-12(24)16(15)23-9-14(25)21-29(23,26)27/h7-8,24H,1-6,9H2,(H,18,20)(H,21,25). The summed E-state index contributed by atoms with van der Waals surface area (Å²) in [5.41, 5.74) is -0.554. The number of ether oxygens (including phenoxy) is 1. The molecule has 1 aromatic heterocycles. The van der Waals surface area contributed by atoms with E-state index in [1.807, 2.05) is 0 Å². The lowest BCUT2D eigenvalue weighted by atomic mass is 10.1. The Bertz CT molecular complexity index is 1060. The van der Waals surface area contributed by atoms with Gasteiger partial charge in [-0.25, -0.2) is 13.4 Å². The smallest absolute Gasteiger partial charge is 0.326 e. The molecule has 0 unspecified atom stereocenters. The van der Waals surface area contributed by atoms with Gasteiger partial charge in [0.1, 0.15) is 23.8 Å². The minimum absolute atomic E-state index is 0.0313. The lowest BCUT2D eigenvalue weighted by molar-refractivity contribution is -0.117. The molecular formula is C16H19FN6O5S. The molecule has 2 aliphatic rings. The second-order valence-corrected chi connectivity index (χ2v) is 8.23. The van der Waals surface area contributed by atoms with Crippen molar-refractivity contribution < 1.29 is 27.4 Å². The van der Waals surface area contributed by atoms with E-state index in [0.717, 1.165) is 25.7 Å². The average molecular weight is 426 g/mol. The van der Waals surface area contributed by atoms with E-state index in [-0.39, 0.29) is 10.9 Å². The topological polar surface area (TPSA) is 137 Å². The van der Waals surface area contributed by atoms with Crippen LogP contribution in [0.4, 0.5) is 15.9 Å². The van der Waals surface area contributed by atoms with E-state index >= 15 is 4.39 Å². The number of morpholine rings is 1. The van der Waals surface area contributed by atoms with Crippen LogP contribution < -0.4 is 14.3 Å². The third-order valence-electron chi connectivity index (χ3n) is 4.69. The van der Waals surface area contributed by atoms with Crippen LogP contribution in [-0.4, -0.2) is 80.5 Å². The number of anilines is 2. The van der Waals surface area contributed by atoms with Crippen molar-refractivity contribution in [2.75, 3.05) is 55.6 Å². The number of carbonyl (C=O) groups excluding carboxylic acids is 1. The monoisotopic (exact) mass is 426 g/mol. The third kappa shape index (κ3) is 3.88. The maximum Gasteiger partial charge on any atom is 0.326 e. The summed E-state index contributed by atoms with van der Waals surface area (Å²) in [5, 5.41) is 21.0. The molecule has 2 aromatic rings. The van der Waals surface area contributed by atoms with Crippen LogP contribution in [0.5, 0.6) is 5.75 Å². The van der Waals surface area contributed by atoms with Crippen LogP contribution >= 0.6 is 0 Å². The SMILES string of the molecule is O=C1CN(c2c(O)cc3nnc(NCCN4CCOCC4)cc3c2F)S(=O)(=O)N1. The van der Waals surface area contributed by atoms with Crippen molar-refractivity contribution in [2.45, 2.75) is 0 Å². The van der Waals surface area contributed by atoms with E-state index in [9.17, 15) is 18.3 Å². The average Bonchev–Trinajstić information content (AvgIpc) is 2.95. The van der Waals surface area contributed by atoms with Gasteiger partial charge >= 0.3 is 10.2 Å². The zero-order valence-electron chi connectivity index (χ0n) is 15.3. The molecule has 11 nitrogen and oxygen atoms in total. The number of fused-ring (bicyclic) bond motifs is 1. The number of halogens is 1. The number of phenols is 1. The summed E-state index contributed by atoms with van der Waals surface area (Å²) in [5.74, 6) is -2.18. The summed E-state index contributed by atoms with van der Waals surface area (Å²) >= 11 is 0. The van der Waals surface area contributed by atoms with Crippen molar-refractivity contribution in [3.8, 4) is 5.75 Å². The second kappa shape index (κ2) is 7.57. The molecule has 2 fully saturated rings. The number of aromatic hydroxyl groups is 1. The number of nitrogens with one attached hydrogen (secondary N) is 2. The predicted octanol–water partition coefficient (Wildman–Crippen LogP) is -0.600. The van der Waals surface area contributed by atoms with E-state index in [1.54, 1.807) is 4.72 Å². The molecule has 156 valence electrons. The number of hydrogen-bond donors (Lipinski definition) is 3. The molecule has 4 rings (SSSR count). The molecule has 0 aliphatic carbocycles. The van der Waals surface area contributed by atoms with E-state index in [2.05, 4.69) is 20.4 Å². The zero-order valence-corrected chi connectivity index (χ0v) is 16.1. The van der Waals surface area contributed by atoms with Crippen molar-refractivity contribution in [3.05, 3.63) is 17.9 Å². The Kier molecular flexibility index (Phi) is 5.10. The molecule has 2 aliphatic heterocycles. The van der Waals surface area contributed by atoms with Crippen LogP contribution in [-0.2, 0) is 19.7 Å². The Morgan fingerprint density at radius 1 is 1.28 bits per heavy atom. The van der Waals surface area contributed by atoms with Crippen LogP contribution in [0.1, 0.15) is 0 Å². The molecule has 3 N–H and O–H groups in total. The molecule has 0 saturated carbocycles. The fourth-order valence-electron chi connectivity index (χ4n) is 3.26. The van der Waals surface area contributed by atoms with Gasteiger partial charge in [0.2, 0.25) is 0 Å². The molecular weight excluding hydrogens is 407 g/mol. The van der Waals surface area contributed by atoms with Gasteiger partial charge in [0, 0.05) is 37.6 Å². The Balaban J connectivity index is 1.59. The summed E-state index contributed by atoms with van der Waals surface area (Å²) in [6.07, 6.45) is 0. The lowest BCUT2D eigenvalue weighted by Gasteiger charge is -2.26. The number of phenolic OH excluding ortho intramolecular Hbond substituents is 1. The van der Waals surface area contributed by atoms with Gasteiger partial charge in [-0.05, 0) is 6.07 Å². The number of carbonyl (C=O) groups is 1. The van der Waals surface area contributed by atoms with Gasteiger partial charge in [-0.3, -0.25) is 9.69 Å². The molecule has 0 spiro atoms. The first-order valence-electron chi connectivity index (χ1n) is 8.91. The fraction of sp³-hybridized carbons (Fsp3) is 0.438. The molecule has 3 heterocycles. The van der Waals surface area contributed by atoms with Gasteiger partial charge in [-0.2, -0.15) is 8.42 Å². The second-order valence-electron chi connectivity index (χ2n) is 6.64. The van der Waals surface area contributed by atoms with E-state index in [0.29, 0.717) is 29.9 Å². The van der Waals surface area contributed by atoms with Crippen molar-refractivity contribution in [3.63, 3.8) is 0 Å². The van der Waals surface area contributed by atoms with E-state index in [1.165, 1.54) is 6.07 Å². The summed E-state index contributed by atoms with van der Waals surface area (Å²) in [6.45, 7) is 3.70. The number of benzene rings is 1. The summed E-state index contributed by atoms with van der Waals surface area (Å²) < 4.78 is 46.7. The highest BCUT2D eigenvalue weighted by Crippen LogP contribution is 2.37. The highest BCUT2D eigenvalue weighted by atomic mass is 32.2. The van der Waals surface area contributed by atoms with Crippen LogP contribution in [0.15, 0.2) is 12.1 Å². The first kappa shape index (κ1) is 19.5. The first-order valence-corrected chi connectivity index (χ1v) is 10.4. The van der Waals surface area contributed by atoms with Crippen LogP contribution in [0.2, 0.25) is 0 Å². The van der Waals surface area contributed by atoms with Gasteiger partial charge in [-0.15, -0.1) is 10.2 Å². The Hall–Kier alpha value is -2.77. The molecule has 0 bridgehead atoms. The lowest BCUT2D eigenvalue weighted by Crippen LogP contribution is -2.39. The van der Waals surface area contributed by atoms with Crippen molar-refractivity contribution in [1.82, 2.24) is 19.8 Å². The maximum atomic E-state index is 15.1. The van der Waals surface area contributed by atoms with Gasteiger partial charge < -0.3 is 15.2 Å². The minimum Gasteiger partial charge on any atom is -0.506 e. The largest absolute Gasteiger partial charge is 0.506 e. The first-order chi connectivity index (χ1) is 13.8. The number of aromatic nitrogens is 2. The molecule has 13 heteroatoms. The minimum atomic E-state index is -4.27. The molecule has 0 radical (unpaired) electrons. The quantitative estimate of drug-likeness (QED) is 0.572. The van der Waals surface area contributed by atoms with Crippen molar-refractivity contribution >= 4 is 38.5 Å². The summed E-state index contributed by atoms with van der Waals surface area (Å²) in [4.78, 5) is 13.7. The normalized spacial score (nSPS) is 19.5. The molecule has 1 aromatic carbocycles. The summed E-state index contributed by atoms with van der Waals surface area (Å²) in [6, 6.07) is 2.49. The fourth-order valence-corrected chi connectivity index (χ4v) is 4.42. The predicted molar refractivity (Wildman–Crippen MR) is 101 cm³/mol. The Morgan fingerprint density at radius 2 is 2.03 bits per heavy atom. The van der Waals surface area contributed by atoms with Gasteiger partial charge in [0.25, 0.3) is 5.91 Å². The molecule has 29 heavy (non-hydrogen) atoms. The highest BCUT2D eigenvalue weighted by molar-refractivity contribution is 7.92.